The molecule has 0 radical (unpaired) electrons. The Kier molecular flexibility index (Phi) is 5.38. The van der Waals surface area contributed by atoms with Crippen LogP contribution in [-0.2, 0) is 11.2 Å². The molecular weight excluding hydrogens is 224 g/mol. The van der Waals surface area contributed by atoms with E-state index in [1.165, 1.54) is 5.56 Å². The molecule has 0 saturated carbocycles. The van der Waals surface area contributed by atoms with Gasteiger partial charge in [0.1, 0.15) is 0 Å². The highest BCUT2D eigenvalue weighted by Crippen LogP contribution is 2.16. The van der Waals surface area contributed by atoms with Gasteiger partial charge in [-0.3, -0.25) is 4.79 Å². The Labute approximate surface area is 109 Å². The van der Waals surface area contributed by atoms with Crippen molar-refractivity contribution in [2.45, 2.75) is 26.7 Å². The Hall–Kier alpha value is -1.82. The fourth-order valence-electron chi connectivity index (χ4n) is 1.86. The second kappa shape index (κ2) is 6.80. The smallest absolute Gasteiger partial charge is 0.166 e. The number of benzene rings is 1. The Morgan fingerprint density at radius 2 is 1.94 bits per heavy atom. The molecule has 3 nitrogen and oxygen atoms in total. The number of hydrogen-bond donors (Lipinski definition) is 0. The Bertz CT molecular complexity index is 429. The summed E-state index contributed by atoms with van der Waals surface area (Å²) in [7, 11) is 1.87. The summed E-state index contributed by atoms with van der Waals surface area (Å²) in [6.07, 6.45) is 1.05. The van der Waals surface area contributed by atoms with Gasteiger partial charge in [0, 0.05) is 12.7 Å². The molecule has 18 heavy (non-hydrogen) atoms. The van der Waals surface area contributed by atoms with Gasteiger partial charge in [-0.05, 0) is 30.0 Å². The van der Waals surface area contributed by atoms with Gasteiger partial charge in [0.15, 0.2) is 5.78 Å². The van der Waals surface area contributed by atoms with Crippen molar-refractivity contribution in [3.63, 3.8) is 0 Å². The summed E-state index contributed by atoms with van der Waals surface area (Å²) in [6, 6.07) is 10.1. The lowest BCUT2D eigenvalue weighted by molar-refractivity contribution is -0.116. The summed E-state index contributed by atoms with van der Waals surface area (Å²) in [6.45, 7) is 4.68. The number of likely N-dealkylation sites (N-methyl/N-ethyl adjacent to an activating group) is 1. The number of rotatable bonds is 6. The van der Waals surface area contributed by atoms with Crippen LogP contribution >= 0.6 is 0 Å². The summed E-state index contributed by atoms with van der Waals surface area (Å²) in [4.78, 5) is 13.2. The fourth-order valence-corrected chi connectivity index (χ4v) is 1.86. The van der Waals surface area contributed by atoms with E-state index in [0.717, 1.165) is 12.1 Å². The number of ketones is 1. The molecule has 0 heterocycles. The van der Waals surface area contributed by atoms with Gasteiger partial charge in [-0.2, -0.15) is 5.26 Å². The molecule has 3 heteroatoms. The topological polar surface area (TPSA) is 44.1 Å². The maximum Gasteiger partial charge on any atom is 0.166 e. The Morgan fingerprint density at radius 3 is 2.44 bits per heavy atom. The number of anilines is 1. The molecule has 1 aromatic rings. The average Bonchev–Trinajstić information content (AvgIpc) is 2.29. The second-order valence-electron chi connectivity index (χ2n) is 4.99. The third-order valence-electron chi connectivity index (χ3n) is 2.71. The molecule has 0 aromatic heterocycles. The predicted octanol–water partition coefficient (Wildman–Crippen LogP) is 2.80. The van der Waals surface area contributed by atoms with Gasteiger partial charge < -0.3 is 4.90 Å². The molecule has 0 amide bonds. The van der Waals surface area contributed by atoms with Crippen LogP contribution in [0.4, 0.5) is 5.69 Å². The normalized spacial score (nSPS) is 10.2. The molecule has 0 aliphatic carbocycles. The van der Waals surface area contributed by atoms with Crippen molar-refractivity contribution in [1.29, 1.82) is 5.26 Å². The van der Waals surface area contributed by atoms with Gasteiger partial charge >= 0.3 is 0 Å². The fraction of sp³-hybridized carbons (Fsp3) is 0.467. The number of hydrogen-bond acceptors (Lipinski definition) is 3. The van der Waals surface area contributed by atoms with E-state index in [0.29, 0.717) is 5.92 Å². The summed E-state index contributed by atoms with van der Waals surface area (Å²) >= 11 is 0. The van der Waals surface area contributed by atoms with E-state index in [1.54, 1.807) is 0 Å². The highest BCUT2D eigenvalue weighted by molar-refractivity contribution is 5.85. The van der Waals surface area contributed by atoms with Crippen molar-refractivity contribution in [2.75, 3.05) is 18.5 Å². The van der Waals surface area contributed by atoms with Crippen LogP contribution in [0, 0.1) is 17.2 Å². The molecular formula is C15H20N2O. The number of nitrogens with zero attached hydrogens (tertiary/aromatic N) is 2. The molecule has 1 aromatic carbocycles. The largest absolute Gasteiger partial charge is 0.367 e. The van der Waals surface area contributed by atoms with Gasteiger partial charge in [-0.1, -0.05) is 26.0 Å². The first-order chi connectivity index (χ1) is 8.52. The molecule has 0 unspecified atom stereocenters. The molecule has 0 bridgehead atoms. The summed E-state index contributed by atoms with van der Waals surface area (Å²) < 4.78 is 0. The second-order valence-corrected chi connectivity index (χ2v) is 4.99. The molecule has 1 rings (SSSR count). The van der Waals surface area contributed by atoms with Gasteiger partial charge in [0.2, 0.25) is 0 Å². The third-order valence-corrected chi connectivity index (χ3v) is 2.71. The molecule has 0 atom stereocenters. The van der Waals surface area contributed by atoms with Crippen LogP contribution in [0.5, 0.6) is 0 Å². The number of Topliss-reactive ketones (excluding diaryl/α,β-unsaturated/α-hetero) is 1. The minimum atomic E-state index is -0.0498. The van der Waals surface area contributed by atoms with Crippen LogP contribution in [0.3, 0.4) is 0 Å². The van der Waals surface area contributed by atoms with E-state index in [4.69, 9.17) is 5.26 Å². The first-order valence-corrected chi connectivity index (χ1v) is 6.21. The Balaban J connectivity index is 2.62. The van der Waals surface area contributed by atoms with Crippen LogP contribution in [0.15, 0.2) is 24.3 Å². The lowest BCUT2D eigenvalue weighted by Crippen LogP contribution is -2.25. The van der Waals surface area contributed by atoms with Gasteiger partial charge in [0.05, 0.1) is 19.0 Å². The predicted molar refractivity (Wildman–Crippen MR) is 73.5 cm³/mol. The summed E-state index contributed by atoms with van der Waals surface area (Å²) in [5.41, 5.74) is 2.32. The number of nitriles is 1. The first-order valence-electron chi connectivity index (χ1n) is 6.21. The molecule has 0 N–H and O–H groups in total. The van der Waals surface area contributed by atoms with Crippen molar-refractivity contribution in [2.24, 2.45) is 5.92 Å². The Morgan fingerprint density at radius 1 is 1.33 bits per heavy atom. The highest BCUT2D eigenvalue weighted by Gasteiger charge is 2.07. The van der Waals surface area contributed by atoms with Crippen molar-refractivity contribution in [3.05, 3.63) is 29.8 Å². The zero-order chi connectivity index (χ0) is 13.5. The standard InChI is InChI=1S/C15H20N2O/c1-12(2)10-13-4-6-14(7-5-13)17(3)11-15(18)8-9-16/h4-7,12H,8,10-11H2,1-3H3. The van der Waals surface area contributed by atoms with Crippen LogP contribution in [0.1, 0.15) is 25.8 Å². The van der Waals surface area contributed by atoms with E-state index < -0.39 is 0 Å². The van der Waals surface area contributed by atoms with Crippen LogP contribution < -0.4 is 4.90 Å². The van der Waals surface area contributed by atoms with Crippen LogP contribution in [0.2, 0.25) is 0 Å². The SMILES string of the molecule is CC(C)Cc1ccc(N(C)CC(=O)CC#N)cc1. The monoisotopic (exact) mass is 244 g/mol. The molecule has 0 saturated heterocycles. The average molecular weight is 244 g/mol. The lowest BCUT2D eigenvalue weighted by Gasteiger charge is -2.18. The van der Waals surface area contributed by atoms with Gasteiger partial charge in [-0.15, -0.1) is 0 Å². The third kappa shape index (κ3) is 4.58. The van der Waals surface area contributed by atoms with E-state index in [9.17, 15) is 4.79 Å². The van der Waals surface area contributed by atoms with E-state index in [2.05, 4.69) is 26.0 Å². The maximum atomic E-state index is 11.4. The zero-order valence-corrected chi connectivity index (χ0v) is 11.3. The minimum Gasteiger partial charge on any atom is -0.367 e. The zero-order valence-electron chi connectivity index (χ0n) is 11.3. The number of carbonyl (C=O) groups is 1. The van der Waals surface area contributed by atoms with E-state index in [1.807, 2.05) is 30.1 Å². The molecule has 0 aliphatic rings. The van der Waals surface area contributed by atoms with Crippen molar-refractivity contribution < 1.29 is 4.79 Å². The van der Waals surface area contributed by atoms with Crippen LogP contribution in [0.25, 0.3) is 0 Å². The summed E-state index contributed by atoms with van der Waals surface area (Å²) in [5.74, 6) is 0.594. The maximum absolute atomic E-state index is 11.4. The number of carbonyl (C=O) groups excluding carboxylic acids is 1. The van der Waals surface area contributed by atoms with Gasteiger partial charge in [0.25, 0.3) is 0 Å². The quantitative estimate of drug-likeness (QED) is 0.773. The highest BCUT2D eigenvalue weighted by atomic mass is 16.1. The first kappa shape index (κ1) is 14.2. The van der Waals surface area contributed by atoms with Crippen molar-refractivity contribution >= 4 is 11.5 Å². The van der Waals surface area contributed by atoms with E-state index >= 15 is 0 Å². The van der Waals surface area contributed by atoms with Crippen LogP contribution in [-0.4, -0.2) is 19.4 Å². The minimum absolute atomic E-state index is 0.0181. The lowest BCUT2D eigenvalue weighted by atomic mass is 10.0. The van der Waals surface area contributed by atoms with E-state index in [-0.39, 0.29) is 18.7 Å². The van der Waals surface area contributed by atoms with Crippen molar-refractivity contribution in [1.82, 2.24) is 0 Å². The molecule has 0 fully saturated rings. The molecule has 96 valence electrons. The molecule has 0 spiro atoms. The summed E-state index contributed by atoms with van der Waals surface area (Å²) in [5, 5.41) is 8.45. The van der Waals surface area contributed by atoms with Crippen molar-refractivity contribution in [3.8, 4) is 6.07 Å². The van der Waals surface area contributed by atoms with Gasteiger partial charge in [-0.25, -0.2) is 0 Å². The molecule has 0 aliphatic heterocycles.